The summed E-state index contributed by atoms with van der Waals surface area (Å²) in [5.74, 6) is -0.279. The Morgan fingerprint density at radius 3 is 1.12 bits per heavy atom. The lowest BCUT2D eigenvalue weighted by molar-refractivity contribution is -0.120. The molecule has 4 N–H and O–H groups in total. The van der Waals surface area contributed by atoms with Gasteiger partial charge >= 0.3 is 0 Å². The zero-order valence-electron chi connectivity index (χ0n) is 27.2. The van der Waals surface area contributed by atoms with E-state index in [-0.39, 0.29) is 24.2 Å². The van der Waals surface area contributed by atoms with Crippen LogP contribution in [0.3, 0.4) is 0 Å². The van der Waals surface area contributed by atoms with Gasteiger partial charge in [0.2, 0.25) is 11.5 Å². The van der Waals surface area contributed by atoms with Crippen molar-refractivity contribution in [3.05, 3.63) is 70.8 Å². The minimum absolute atomic E-state index is 0.211. The fourth-order valence-corrected chi connectivity index (χ4v) is 4.05. The number of ether oxygens (including phenoxy) is 6. The summed E-state index contributed by atoms with van der Waals surface area (Å²) in [5, 5.41) is 12.8. The van der Waals surface area contributed by atoms with E-state index in [0.717, 1.165) is 0 Å². The molecule has 4 amide bonds. The van der Waals surface area contributed by atoms with Gasteiger partial charge in [-0.3, -0.25) is 19.2 Å². The molecule has 3 aromatic carbocycles. The van der Waals surface area contributed by atoms with E-state index in [1.807, 2.05) is 0 Å². The van der Waals surface area contributed by atoms with Gasteiger partial charge in [0.1, 0.15) is 0 Å². The molecule has 0 aromatic heterocycles. The Balaban J connectivity index is 1.43. The maximum Gasteiger partial charge on any atom is 0.259 e. The third-order valence-electron chi connectivity index (χ3n) is 6.42. The highest BCUT2D eigenvalue weighted by molar-refractivity contribution is 5.98. The summed E-state index contributed by atoms with van der Waals surface area (Å²) < 4.78 is 31.5. The second kappa shape index (κ2) is 18.0. The first-order valence-corrected chi connectivity index (χ1v) is 14.1. The number of rotatable bonds is 16. The minimum atomic E-state index is -0.550. The predicted octanol–water partition coefficient (Wildman–Crippen LogP) is 1.50. The SMILES string of the molecule is COc1cc(C(=O)NCC(=O)N/N=C/c2ccc(/C=N/NC(=O)CNC(=O)c3cc(OC)c(OC)c(OC)c3)cc2)cc(OC)c1OC. The van der Waals surface area contributed by atoms with Gasteiger partial charge in [0.05, 0.1) is 68.2 Å². The number of nitrogens with one attached hydrogen (secondary N) is 4. The number of benzene rings is 3. The lowest BCUT2D eigenvalue weighted by atomic mass is 10.1. The van der Waals surface area contributed by atoms with Crippen molar-refractivity contribution in [3.63, 3.8) is 0 Å². The van der Waals surface area contributed by atoms with Gasteiger partial charge in [-0.1, -0.05) is 24.3 Å². The van der Waals surface area contributed by atoms with Gasteiger partial charge in [0.25, 0.3) is 23.6 Å². The molecular formula is C32H36N6O10. The molecule has 0 aliphatic heterocycles. The summed E-state index contributed by atoms with van der Waals surface area (Å²) in [5.41, 5.74) is 6.41. The first-order valence-electron chi connectivity index (χ1n) is 14.1. The number of hydrazone groups is 2. The molecule has 48 heavy (non-hydrogen) atoms. The molecule has 0 heterocycles. The molecule has 0 bridgehead atoms. The maximum absolute atomic E-state index is 12.6. The van der Waals surface area contributed by atoms with Crippen molar-refractivity contribution >= 4 is 36.1 Å². The molecule has 3 rings (SSSR count). The van der Waals surface area contributed by atoms with E-state index in [9.17, 15) is 19.2 Å². The molecule has 0 atom stereocenters. The standard InChI is InChI=1S/C32H36N6O10/c1-43-23-11-21(12-24(44-2)29(23)47-5)31(41)33-17-27(39)37-35-15-19-7-9-20(10-8-19)16-36-38-28(40)18-34-32(42)22-13-25(45-3)30(48-6)26(14-22)46-4/h7-16H,17-18H2,1-6H3,(H,33,41)(H,34,42)(H,37,39)(H,38,40)/b35-15+,36-16+. The monoisotopic (exact) mass is 664 g/mol. The van der Waals surface area contributed by atoms with Gasteiger partial charge in [0.15, 0.2) is 23.0 Å². The van der Waals surface area contributed by atoms with Crippen molar-refractivity contribution in [1.29, 1.82) is 0 Å². The Bertz CT molecular complexity index is 1500. The lowest BCUT2D eigenvalue weighted by Gasteiger charge is -2.14. The Hall–Kier alpha value is -6.32. The van der Waals surface area contributed by atoms with E-state index in [2.05, 4.69) is 31.7 Å². The van der Waals surface area contributed by atoms with Crippen LogP contribution in [0, 0.1) is 0 Å². The number of carbonyl (C=O) groups is 4. The summed E-state index contributed by atoms with van der Waals surface area (Å²) in [7, 11) is 8.62. The Morgan fingerprint density at radius 2 is 0.854 bits per heavy atom. The number of carbonyl (C=O) groups excluding carboxylic acids is 4. The fraction of sp³-hybridized carbons (Fsp3) is 0.250. The van der Waals surface area contributed by atoms with E-state index >= 15 is 0 Å². The third kappa shape index (κ3) is 9.84. The summed E-state index contributed by atoms with van der Waals surface area (Å²) in [6, 6.07) is 12.7. The van der Waals surface area contributed by atoms with Crippen molar-refractivity contribution in [3.8, 4) is 34.5 Å². The number of hydrogen-bond donors (Lipinski definition) is 4. The minimum Gasteiger partial charge on any atom is -0.493 e. The van der Waals surface area contributed by atoms with Gasteiger partial charge in [-0.15, -0.1) is 0 Å². The highest BCUT2D eigenvalue weighted by Crippen LogP contribution is 2.39. The molecule has 0 saturated carbocycles. The van der Waals surface area contributed by atoms with Crippen LogP contribution in [0.2, 0.25) is 0 Å². The second-order valence-corrected chi connectivity index (χ2v) is 9.45. The van der Waals surface area contributed by atoms with Gasteiger partial charge in [-0.05, 0) is 35.4 Å². The number of methoxy groups -OCH3 is 6. The molecule has 0 radical (unpaired) electrons. The molecule has 16 heteroatoms. The van der Waals surface area contributed by atoms with Gasteiger partial charge in [-0.2, -0.15) is 10.2 Å². The first-order chi connectivity index (χ1) is 23.2. The van der Waals surface area contributed by atoms with E-state index in [0.29, 0.717) is 45.6 Å². The summed E-state index contributed by atoms with van der Waals surface area (Å²) in [6.45, 7) is -0.661. The topological polar surface area (TPSA) is 196 Å². The average Bonchev–Trinajstić information content (AvgIpc) is 3.11. The Kier molecular flexibility index (Phi) is 13.5. The highest BCUT2D eigenvalue weighted by Gasteiger charge is 2.18. The molecular weight excluding hydrogens is 628 g/mol. The Morgan fingerprint density at radius 1 is 0.542 bits per heavy atom. The van der Waals surface area contributed by atoms with E-state index in [1.165, 1.54) is 79.4 Å². The number of nitrogens with zero attached hydrogens (tertiary/aromatic N) is 2. The molecule has 16 nitrogen and oxygen atoms in total. The van der Waals surface area contributed by atoms with Crippen molar-refractivity contribution in [1.82, 2.24) is 21.5 Å². The zero-order chi connectivity index (χ0) is 35.1. The largest absolute Gasteiger partial charge is 0.493 e. The summed E-state index contributed by atoms with van der Waals surface area (Å²) >= 11 is 0. The van der Waals surface area contributed by atoms with Crippen LogP contribution in [-0.2, 0) is 9.59 Å². The van der Waals surface area contributed by atoms with Crippen LogP contribution < -0.4 is 49.9 Å². The summed E-state index contributed by atoms with van der Waals surface area (Å²) in [6.07, 6.45) is 2.83. The molecule has 0 spiro atoms. The van der Waals surface area contributed by atoms with Crippen molar-refractivity contribution in [2.24, 2.45) is 10.2 Å². The van der Waals surface area contributed by atoms with Crippen molar-refractivity contribution < 1.29 is 47.6 Å². The average molecular weight is 665 g/mol. The van der Waals surface area contributed by atoms with Crippen molar-refractivity contribution in [2.75, 3.05) is 55.7 Å². The smallest absolute Gasteiger partial charge is 0.259 e. The van der Waals surface area contributed by atoms with Crippen molar-refractivity contribution in [2.45, 2.75) is 0 Å². The van der Waals surface area contributed by atoms with Gasteiger partial charge in [-0.25, -0.2) is 10.9 Å². The van der Waals surface area contributed by atoms with E-state index < -0.39 is 23.6 Å². The Labute approximate surface area is 276 Å². The quantitative estimate of drug-likeness (QED) is 0.129. The first kappa shape index (κ1) is 36.2. The molecule has 3 aromatic rings. The predicted molar refractivity (Wildman–Crippen MR) is 175 cm³/mol. The molecule has 254 valence electrons. The van der Waals surface area contributed by atoms with Crippen LogP contribution in [-0.4, -0.2) is 91.8 Å². The van der Waals surface area contributed by atoms with E-state index in [4.69, 9.17) is 28.4 Å². The van der Waals surface area contributed by atoms with Crippen LogP contribution in [0.5, 0.6) is 34.5 Å². The van der Waals surface area contributed by atoms with Crippen LogP contribution in [0.1, 0.15) is 31.8 Å². The van der Waals surface area contributed by atoms with Crippen LogP contribution in [0.4, 0.5) is 0 Å². The van der Waals surface area contributed by atoms with Gasteiger partial charge < -0.3 is 39.1 Å². The van der Waals surface area contributed by atoms with Crippen LogP contribution in [0.25, 0.3) is 0 Å². The molecule has 0 aliphatic rings. The summed E-state index contributed by atoms with van der Waals surface area (Å²) in [4.78, 5) is 49.5. The van der Waals surface area contributed by atoms with Crippen LogP contribution in [0.15, 0.2) is 58.7 Å². The maximum atomic E-state index is 12.6. The molecule has 0 aliphatic carbocycles. The molecule has 0 fully saturated rings. The molecule has 0 saturated heterocycles. The van der Waals surface area contributed by atoms with Crippen LogP contribution >= 0.6 is 0 Å². The fourth-order valence-electron chi connectivity index (χ4n) is 4.05. The van der Waals surface area contributed by atoms with E-state index in [1.54, 1.807) is 24.3 Å². The van der Waals surface area contributed by atoms with Gasteiger partial charge in [0, 0.05) is 11.1 Å². The molecule has 0 unspecified atom stereocenters. The normalized spacial score (nSPS) is 10.6. The second-order valence-electron chi connectivity index (χ2n) is 9.45. The third-order valence-corrected chi connectivity index (χ3v) is 6.42. The number of amides is 4. The highest BCUT2D eigenvalue weighted by atomic mass is 16.5. The zero-order valence-corrected chi connectivity index (χ0v) is 27.2. The lowest BCUT2D eigenvalue weighted by Crippen LogP contribution is -2.35. The number of hydrogen-bond acceptors (Lipinski definition) is 12.